The van der Waals surface area contributed by atoms with Crippen LogP contribution in [0, 0.1) is 5.41 Å². The van der Waals surface area contributed by atoms with E-state index in [2.05, 4.69) is 75.3 Å². The monoisotopic (exact) mass is 405 g/mol. The van der Waals surface area contributed by atoms with E-state index in [0.717, 1.165) is 43.6 Å². The normalized spacial score (nSPS) is 16.6. The highest BCUT2D eigenvalue weighted by Gasteiger charge is 2.20. The summed E-state index contributed by atoms with van der Waals surface area (Å²) in [7, 11) is 0. The molecule has 1 fully saturated rings. The highest BCUT2D eigenvalue weighted by Crippen LogP contribution is 2.37. The second-order valence-corrected chi connectivity index (χ2v) is 8.89. The Morgan fingerprint density at radius 2 is 1.93 bits per heavy atom. The summed E-state index contributed by atoms with van der Waals surface area (Å²) in [5.74, 6) is 1.09. The Bertz CT molecular complexity index is 936. The number of piperidine rings is 1. The van der Waals surface area contributed by atoms with Crippen LogP contribution < -0.4 is 5.32 Å². The average Bonchev–Trinajstić information content (AvgIpc) is 3.15. The molecule has 3 nitrogen and oxygen atoms in total. The van der Waals surface area contributed by atoms with Crippen LogP contribution in [0.3, 0.4) is 0 Å². The molecule has 0 bridgehead atoms. The fourth-order valence-electron chi connectivity index (χ4n) is 4.76. The number of aromatic amines is 1. The van der Waals surface area contributed by atoms with Crippen molar-refractivity contribution in [3.8, 4) is 0 Å². The molecule has 2 aromatic rings. The molecule has 0 spiro atoms. The summed E-state index contributed by atoms with van der Waals surface area (Å²) in [5, 5.41) is 13.3. The van der Waals surface area contributed by atoms with Gasteiger partial charge in [0.15, 0.2) is 0 Å². The molecule has 3 N–H and O–H groups in total. The molecule has 1 saturated heterocycles. The third kappa shape index (κ3) is 4.78. The first kappa shape index (κ1) is 22.6. The quantitative estimate of drug-likeness (QED) is 0.313. The number of aromatic nitrogens is 1. The van der Waals surface area contributed by atoms with Crippen LogP contribution in [0.2, 0.25) is 0 Å². The molecule has 3 heteroatoms. The molecule has 1 aliphatic heterocycles. The van der Waals surface area contributed by atoms with Gasteiger partial charge in [0.05, 0.1) is 0 Å². The number of hydrogen-bond donors (Lipinski definition) is 3. The van der Waals surface area contributed by atoms with Crippen LogP contribution >= 0.6 is 0 Å². The maximum absolute atomic E-state index is 8.41. The van der Waals surface area contributed by atoms with Crippen molar-refractivity contribution in [2.75, 3.05) is 13.1 Å². The van der Waals surface area contributed by atoms with Gasteiger partial charge < -0.3 is 15.7 Å². The van der Waals surface area contributed by atoms with Crippen LogP contribution in [-0.2, 0) is 0 Å². The van der Waals surface area contributed by atoms with Crippen LogP contribution in [0.4, 0.5) is 0 Å². The second-order valence-electron chi connectivity index (χ2n) is 8.89. The van der Waals surface area contributed by atoms with Gasteiger partial charge in [0.25, 0.3) is 0 Å². The molecule has 30 heavy (non-hydrogen) atoms. The van der Waals surface area contributed by atoms with E-state index in [4.69, 9.17) is 5.41 Å². The van der Waals surface area contributed by atoms with Gasteiger partial charge in [0, 0.05) is 22.3 Å². The van der Waals surface area contributed by atoms with Crippen molar-refractivity contribution in [3.63, 3.8) is 0 Å². The van der Waals surface area contributed by atoms with Crippen LogP contribution in [0.1, 0.15) is 95.4 Å². The first-order chi connectivity index (χ1) is 14.5. The van der Waals surface area contributed by atoms with Crippen molar-refractivity contribution in [1.29, 1.82) is 5.41 Å². The second kappa shape index (κ2) is 10.3. The van der Waals surface area contributed by atoms with Gasteiger partial charge in [-0.15, -0.1) is 0 Å². The summed E-state index contributed by atoms with van der Waals surface area (Å²) >= 11 is 0. The number of fused-ring (bicyclic) bond motifs is 1. The van der Waals surface area contributed by atoms with Crippen molar-refractivity contribution in [2.45, 2.75) is 78.6 Å². The number of hydrogen-bond acceptors (Lipinski definition) is 2. The van der Waals surface area contributed by atoms with E-state index in [-0.39, 0.29) is 0 Å². The molecule has 0 unspecified atom stereocenters. The Balaban J connectivity index is 2.09. The van der Waals surface area contributed by atoms with E-state index in [0.29, 0.717) is 11.8 Å². The minimum Gasteiger partial charge on any atom is -0.354 e. The molecule has 1 aromatic carbocycles. The SMILES string of the molecule is C/C=C(\C=C(\CCC)C(=N)CC)c1[nH]c2ccc(C3CCNCC3)cc2c1C(C)C. The van der Waals surface area contributed by atoms with Gasteiger partial charge in [-0.05, 0) is 98.0 Å². The van der Waals surface area contributed by atoms with Gasteiger partial charge in [-0.25, -0.2) is 0 Å². The summed E-state index contributed by atoms with van der Waals surface area (Å²) in [4.78, 5) is 3.74. The summed E-state index contributed by atoms with van der Waals surface area (Å²) in [6, 6.07) is 7.04. The molecule has 162 valence electrons. The van der Waals surface area contributed by atoms with E-state index < -0.39 is 0 Å². The van der Waals surface area contributed by atoms with Crippen LogP contribution in [0.15, 0.2) is 35.9 Å². The summed E-state index contributed by atoms with van der Waals surface area (Å²) in [5.41, 5.74) is 8.46. The molecule has 0 saturated carbocycles. The maximum atomic E-state index is 8.41. The zero-order valence-corrected chi connectivity index (χ0v) is 19.5. The lowest BCUT2D eigenvalue weighted by atomic mass is 9.88. The van der Waals surface area contributed by atoms with Crippen LogP contribution in [-0.4, -0.2) is 23.8 Å². The lowest BCUT2D eigenvalue weighted by molar-refractivity contribution is 0.460. The van der Waals surface area contributed by atoms with E-state index in [9.17, 15) is 0 Å². The lowest BCUT2D eigenvalue weighted by Crippen LogP contribution is -2.26. The molecule has 0 radical (unpaired) electrons. The zero-order valence-electron chi connectivity index (χ0n) is 19.5. The van der Waals surface area contributed by atoms with Gasteiger partial charge in [0.1, 0.15) is 0 Å². The average molecular weight is 406 g/mol. The predicted molar refractivity (Wildman–Crippen MR) is 132 cm³/mol. The Hall–Kier alpha value is -2.13. The maximum Gasteiger partial charge on any atom is 0.0496 e. The van der Waals surface area contributed by atoms with Gasteiger partial charge >= 0.3 is 0 Å². The van der Waals surface area contributed by atoms with Gasteiger partial charge in [-0.1, -0.05) is 46.3 Å². The Kier molecular flexibility index (Phi) is 7.71. The highest BCUT2D eigenvalue weighted by molar-refractivity contribution is 6.01. The van der Waals surface area contributed by atoms with Crippen LogP contribution in [0.25, 0.3) is 16.5 Å². The highest BCUT2D eigenvalue weighted by atomic mass is 14.9. The first-order valence-corrected chi connectivity index (χ1v) is 11.8. The van der Waals surface area contributed by atoms with Crippen LogP contribution in [0.5, 0.6) is 0 Å². The third-order valence-corrected chi connectivity index (χ3v) is 6.44. The van der Waals surface area contributed by atoms with Gasteiger partial charge in [0.2, 0.25) is 0 Å². The van der Waals surface area contributed by atoms with Crippen molar-refractivity contribution in [2.24, 2.45) is 0 Å². The van der Waals surface area contributed by atoms with Crippen molar-refractivity contribution in [3.05, 3.63) is 52.7 Å². The number of rotatable bonds is 8. The summed E-state index contributed by atoms with van der Waals surface area (Å²) in [6.07, 6.45) is 9.70. The number of benzene rings is 1. The predicted octanol–water partition coefficient (Wildman–Crippen LogP) is 7.32. The minimum absolute atomic E-state index is 0.431. The molecule has 1 aromatic heterocycles. The third-order valence-electron chi connectivity index (χ3n) is 6.44. The Morgan fingerprint density at radius 3 is 2.53 bits per heavy atom. The summed E-state index contributed by atoms with van der Waals surface area (Å²) < 4.78 is 0. The van der Waals surface area contributed by atoms with Crippen molar-refractivity contribution >= 4 is 22.2 Å². The Labute approximate surface area is 182 Å². The topological polar surface area (TPSA) is 51.7 Å². The fourth-order valence-corrected chi connectivity index (χ4v) is 4.76. The smallest absolute Gasteiger partial charge is 0.0496 e. The summed E-state index contributed by atoms with van der Waals surface area (Å²) in [6.45, 7) is 13.2. The number of nitrogens with one attached hydrogen (secondary N) is 3. The molecular weight excluding hydrogens is 366 g/mol. The minimum atomic E-state index is 0.431. The molecule has 0 atom stereocenters. The molecular formula is C27H39N3. The fraction of sp³-hybridized carbons (Fsp3) is 0.519. The zero-order chi connectivity index (χ0) is 21.7. The number of H-pyrrole nitrogens is 1. The standard InChI is InChI=1S/C27H39N3/c1-6-9-22(24(28)8-3)16-19(7-2)27-26(18(4)5)23-17-21(10-11-25(23)30-27)20-12-14-29-15-13-20/h7,10-11,16-18,20,28-30H,6,8-9,12-15H2,1-5H3/b19-7+,22-16-,28-24?. The Morgan fingerprint density at radius 1 is 1.20 bits per heavy atom. The lowest BCUT2D eigenvalue weighted by Gasteiger charge is -2.23. The van der Waals surface area contributed by atoms with E-state index in [1.165, 1.54) is 46.1 Å². The van der Waals surface area contributed by atoms with E-state index >= 15 is 0 Å². The molecule has 2 heterocycles. The van der Waals surface area contributed by atoms with Crippen molar-refractivity contribution in [1.82, 2.24) is 10.3 Å². The van der Waals surface area contributed by atoms with Crippen molar-refractivity contribution < 1.29 is 0 Å². The number of allylic oxidation sites excluding steroid dienone is 4. The molecule has 0 aliphatic carbocycles. The van der Waals surface area contributed by atoms with E-state index in [1.54, 1.807) is 0 Å². The van der Waals surface area contributed by atoms with Gasteiger partial charge in [-0.2, -0.15) is 0 Å². The molecule has 0 amide bonds. The van der Waals surface area contributed by atoms with E-state index in [1.807, 2.05) is 0 Å². The van der Waals surface area contributed by atoms with Gasteiger partial charge in [-0.3, -0.25) is 0 Å². The first-order valence-electron chi connectivity index (χ1n) is 11.8. The molecule has 3 rings (SSSR count). The molecule has 1 aliphatic rings. The largest absolute Gasteiger partial charge is 0.354 e.